The predicted octanol–water partition coefficient (Wildman–Crippen LogP) is 2.52. The molecule has 0 atom stereocenters. The molecule has 2 N–H and O–H groups in total. The Labute approximate surface area is 128 Å². The summed E-state index contributed by atoms with van der Waals surface area (Å²) in [6.07, 6.45) is -4.86. The van der Waals surface area contributed by atoms with Gasteiger partial charge < -0.3 is 19.8 Å². The van der Waals surface area contributed by atoms with Crippen LogP contribution in [0.4, 0.5) is 18.9 Å². The molecule has 9 heteroatoms. The monoisotopic (exact) mass is 330 g/mol. The first kappa shape index (κ1) is 16.7. The summed E-state index contributed by atoms with van der Waals surface area (Å²) in [7, 11) is 2.59. The highest BCUT2D eigenvalue weighted by Crippen LogP contribution is 2.41. The first-order valence-electron chi connectivity index (χ1n) is 6.35. The number of anilines is 1. The molecule has 2 rings (SSSR count). The van der Waals surface area contributed by atoms with Crippen LogP contribution in [0.15, 0.2) is 16.9 Å². The number of carbonyl (C=O) groups is 1. The van der Waals surface area contributed by atoms with Gasteiger partial charge in [0.1, 0.15) is 5.69 Å². The molecule has 0 bridgehead atoms. The molecule has 0 radical (unpaired) electrons. The van der Waals surface area contributed by atoms with Crippen LogP contribution in [-0.4, -0.2) is 25.1 Å². The van der Waals surface area contributed by atoms with Crippen LogP contribution in [0.2, 0.25) is 0 Å². The van der Waals surface area contributed by atoms with E-state index in [0.717, 1.165) is 13.0 Å². The third kappa shape index (κ3) is 3.08. The number of hydrogen-bond donors (Lipinski definition) is 2. The van der Waals surface area contributed by atoms with Crippen LogP contribution in [0, 0.1) is 0 Å². The Kier molecular flexibility index (Phi) is 4.22. The maximum absolute atomic E-state index is 13.5. The fourth-order valence-corrected chi connectivity index (χ4v) is 2.21. The van der Waals surface area contributed by atoms with E-state index in [2.05, 4.69) is 4.98 Å². The molecule has 1 heterocycles. The number of hydrogen-bond acceptors (Lipinski definition) is 4. The van der Waals surface area contributed by atoms with Gasteiger partial charge in [0.15, 0.2) is 11.5 Å². The Hall–Kier alpha value is -2.71. The van der Waals surface area contributed by atoms with Crippen molar-refractivity contribution in [2.24, 2.45) is 0 Å². The molecule has 1 amide bonds. The number of ether oxygens (including phenoxy) is 2. The lowest BCUT2D eigenvalue weighted by atomic mass is 10.1. The van der Waals surface area contributed by atoms with E-state index in [1.54, 1.807) is 0 Å². The van der Waals surface area contributed by atoms with E-state index < -0.39 is 28.9 Å². The molecule has 6 nitrogen and oxygen atoms in total. The number of aromatic amines is 1. The van der Waals surface area contributed by atoms with E-state index in [4.69, 9.17) is 9.47 Å². The zero-order chi connectivity index (χ0) is 17.4. The second-order valence-corrected chi connectivity index (χ2v) is 4.64. The number of aromatic nitrogens is 1. The summed E-state index contributed by atoms with van der Waals surface area (Å²) in [6.45, 7) is 1.01. The number of rotatable bonds is 3. The fourth-order valence-electron chi connectivity index (χ4n) is 2.21. The van der Waals surface area contributed by atoms with Crippen molar-refractivity contribution >= 4 is 22.5 Å². The molecule has 0 saturated heterocycles. The summed E-state index contributed by atoms with van der Waals surface area (Å²) in [5.74, 6) is -0.566. The van der Waals surface area contributed by atoms with Crippen LogP contribution < -0.4 is 20.3 Å². The van der Waals surface area contributed by atoms with Gasteiger partial charge in [0.25, 0.3) is 5.56 Å². The zero-order valence-corrected chi connectivity index (χ0v) is 12.4. The Bertz CT molecular complexity index is 827. The van der Waals surface area contributed by atoms with E-state index in [1.807, 2.05) is 5.32 Å². The number of halogens is 3. The van der Waals surface area contributed by atoms with Crippen molar-refractivity contribution in [2.75, 3.05) is 19.5 Å². The average molecular weight is 330 g/mol. The van der Waals surface area contributed by atoms with Crippen LogP contribution in [0.25, 0.3) is 10.9 Å². The molecular formula is C14H13F3N2O4. The second kappa shape index (κ2) is 5.82. The van der Waals surface area contributed by atoms with Crippen LogP contribution in [0.1, 0.15) is 12.5 Å². The molecular weight excluding hydrogens is 317 g/mol. The molecule has 0 aliphatic heterocycles. The number of alkyl halides is 3. The van der Waals surface area contributed by atoms with Gasteiger partial charge in [0, 0.05) is 18.4 Å². The van der Waals surface area contributed by atoms with Gasteiger partial charge in [-0.15, -0.1) is 0 Å². The van der Waals surface area contributed by atoms with Gasteiger partial charge >= 0.3 is 6.18 Å². The number of methoxy groups -OCH3 is 2. The van der Waals surface area contributed by atoms with Crippen molar-refractivity contribution in [3.8, 4) is 11.5 Å². The van der Waals surface area contributed by atoms with Gasteiger partial charge in [-0.1, -0.05) is 0 Å². The Balaban J connectivity index is 2.95. The normalized spacial score (nSPS) is 11.4. The van der Waals surface area contributed by atoms with Gasteiger partial charge in [-0.25, -0.2) is 0 Å². The third-order valence-electron chi connectivity index (χ3n) is 3.10. The van der Waals surface area contributed by atoms with Crippen molar-refractivity contribution in [1.29, 1.82) is 0 Å². The zero-order valence-electron chi connectivity index (χ0n) is 12.4. The lowest BCUT2D eigenvalue weighted by Crippen LogP contribution is -2.23. The molecule has 0 unspecified atom stereocenters. The topological polar surface area (TPSA) is 80.4 Å². The molecule has 2 aromatic rings. The summed E-state index contributed by atoms with van der Waals surface area (Å²) in [6, 6.07) is 2.32. The molecule has 1 aromatic carbocycles. The molecule has 0 aliphatic rings. The van der Waals surface area contributed by atoms with Gasteiger partial charge in [-0.2, -0.15) is 13.2 Å². The number of pyridine rings is 1. The van der Waals surface area contributed by atoms with Crippen molar-refractivity contribution in [3.05, 3.63) is 28.0 Å². The summed E-state index contributed by atoms with van der Waals surface area (Å²) in [4.78, 5) is 25.4. The van der Waals surface area contributed by atoms with Gasteiger partial charge in [-0.05, 0) is 6.07 Å². The largest absolute Gasteiger partial charge is 0.493 e. The van der Waals surface area contributed by atoms with Crippen molar-refractivity contribution in [2.45, 2.75) is 13.1 Å². The van der Waals surface area contributed by atoms with E-state index >= 15 is 0 Å². The van der Waals surface area contributed by atoms with Crippen LogP contribution >= 0.6 is 0 Å². The van der Waals surface area contributed by atoms with Crippen molar-refractivity contribution in [1.82, 2.24) is 4.98 Å². The van der Waals surface area contributed by atoms with Crippen molar-refractivity contribution < 1.29 is 27.4 Å². The van der Waals surface area contributed by atoms with Crippen LogP contribution in [0.3, 0.4) is 0 Å². The minimum Gasteiger partial charge on any atom is -0.493 e. The van der Waals surface area contributed by atoms with E-state index in [9.17, 15) is 22.8 Å². The number of carbonyl (C=O) groups excluding carboxylic acids is 1. The minimum absolute atomic E-state index is 0.0614. The number of amides is 1. The standard InChI is InChI=1S/C14H13F3N2O4/c1-6(20)18-12-11(14(15,16)17)7-4-9(22-2)10(23-3)5-8(7)19-13(12)21/h4-5H,1-3H3,(H,18,20)(H,19,21). The Morgan fingerprint density at radius 2 is 1.74 bits per heavy atom. The number of benzene rings is 1. The first-order valence-corrected chi connectivity index (χ1v) is 6.35. The predicted molar refractivity (Wildman–Crippen MR) is 77.0 cm³/mol. The lowest BCUT2D eigenvalue weighted by molar-refractivity contribution is -0.135. The Morgan fingerprint density at radius 3 is 2.22 bits per heavy atom. The lowest BCUT2D eigenvalue weighted by Gasteiger charge is -2.17. The smallest absolute Gasteiger partial charge is 0.419 e. The van der Waals surface area contributed by atoms with E-state index in [1.165, 1.54) is 20.3 Å². The summed E-state index contributed by atoms with van der Waals surface area (Å²) in [5, 5.41) is 1.61. The SMILES string of the molecule is COc1cc2[nH]c(=O)c(NC(C)=O)c(C(F)(F)F)c2cc1OC. The van der Waals surface area contributed by atoms with Gasteiger partial charge in [0.05, 0.1) is 25.3 Å². The highest BCUT2D eigenvalue weighted by molar-refractivity contribution is 5.95. The fraction of sp³-hybridized carbons (Fsp3) is 0.286. The van der Waals surface area contributed by atoms with E-state index in [0.29, 0.717) is 0 Å². The average Bonchev–Trinajstić information content (AvgIpc) is 2.44. The summed E-state index contributed by atoms with van der Waals surface area (Å²) in [5.41, 5.74) is -3.25. The molecule has 0 aliphatic carbocycles. The number of fused-ring (bicyclic) bond motifs is 1. The minimum atomic E-state index is -4.86. The second-order valence-electron chi connectivity index (χ2n) is 4.64. The Morgan fingerprint density at radius 1 is 1.17 bits per heavy atom. The highest BCUT2D eigenvalue weighted by atomic mass is 19.4. The van der Waals surface area contributed by atoms with E-state index in [-0.39, 0.29) is 22.4 Å². The molecule has 0 spiro atoms. The molecule has 23 heavy (non-hydrogen) atoms. The molecule has 0 saturated carbocycles. The summed E-state index contributed by atoms with van der Waals surface area (Å²) >= 11 is 0. The number of H-pyrrole nitrogens is 1. The summed E-state index contributed by atoms with van der Waals surface area (Å²) < 4.78 is 50.4. The third-order valence-corrected chi connectivity index (χ3v) is 3.10. The molecule has 1 aromatic heterocycles. The quantitative estimate of drug-likeness (QED) is 0.906. The van der Waals surface area contributed by atoms with Gasteiger partial charge in [-0.3, -0.25) is 9.59 Å². The van der Waals surface area contributed by atoms with Crippen molar-refractivity contribution in [3.63, 3.8) is 0 Å². The van der Waals surface area contributed by atoms with Gasteiger partial charge in [0.2, 0.25) is 5.91 Å². The molecule has 124 valence electrons. The highest BCUT2D eigenvalue weighted by Gasteiger charge is 2.38. The number of nitrogens with one attached hydrogen (secondary N) is 2. The maximum atomic E-state index is 13.5. The van der Waals surface area contributed by atoms with Crippen LogP contribution in [0.5, 0.6) is 11.5 Å². The van der Waals surface area contributed by atoms with Crippen LogP contribution in [-0.2, 0) is 11.0 Å². The first-order chi connectivity index (χ1) is 10.7. The molecule has 0 fully saturated rings. The maximum Gasteiger partial charge on any atom is 0.419 e.